The first-order chi connectivity index (χ1) is 7.00. The molecule has 0 atom stereocenters. The number of hydrogen-bond donors (Lipinski definition) is 2. The second-order valence-electron chi connectivity index (χ2n) is 2.74. The van der Waals surface area contributed by atoms with Gasteiger partial charge in [-0.25, -0.2) is 0 Å². The summed E-state index contributed by atoms with van der Waals surface area (Å²) in [6.07, 6.45) is 2.23. The average molecular weight is 208 g/mol. The molecule has 0 saturated heterocycles. The molecule has 0 spiro atoms. The van der Waals surface area contributed by atoms with Crippen LogP contribution in [0.15, 0.2) is 24.3 Å². The summed E-state index contributed by atoms with van der Waals surface area (Å²) in [6, 6.07) is 3.49. The Kier molecular flexibility index (Phi) is 3.02. The predicted molar refractivity (Wildman–Crippen MR) is 53.0 cm³/mol. The minimum absolute atomic E-state index is 0.155. The van der Waals surface area contributed by atoms with Crippen LogP contribution < -0.4 is 5.73 Å². The maximum absolute atomic E-state index is 10.4. The van der Waals surface area contributed by atoms with Crippen molar-refractivity contribution in [3.63, 3.8) is 0 Å². The Morgan fingerprint density at radius 3 is 2.73 bits per heavy atom. The van der Waals surface area contributed by atoms with Crippen molar-refractivity contribution in [3.8, 4) is 5.75 Å². The Bertz CT molecular complexity index is 440. The number of rotatable bonds is 3. The van der Waals surface area contributed by atoms with Crippen LogP contribution in [0.25, 0.3) is 6.08 Å². The number of amides is 1. The molecule has 1 amide bonds. The fourth-order valence-electron chi connectivity index (χ4n) is 0.961. The summed E-state index contributed by atoms with van der Waals surface area (Å²) in [5.41, 5.74) is 4.85. The van der Waals surface area contributed by atoms with Gasteiger partial charge in [0.15, 0.2) is 0 Å². The fraction of sp³-hybridized carbons (Fsp3) is 0. The molecule has 1 rings (SSSR count). The average Bonchev–Trinajstić information content (AvgIpc) is 2.16. The van der Waals surface area contributed by atoms with Crippen LogP contribution in [0.4, 0.5) is 5.69 Å². The second-order valence-corrected chi connectivity index (χ2v) is 2.74. The van der Waals surface area contributed by atoms with Gasteiger partial charge in [-0.05, 0) is 12.1 Å². The zero-order valence-electron chi connectivity index (χ0n) is 7.58. The first-order valence-corrected chi connectivity index (χ1v) is 3.95. The zero-order valence-corrected chi connectivity index (χ0v) is 7.58. The van der Waals surface area contributed by atoms with Gasteiger partial charge in [-0.2, -0.15) is 0 Å². The van der Waals surface area contributed by atoms with Crippen molar-refractivity contribution in [1.29, 1.82) is 0 Å². The zero-order chi connectivity index (χ0) is 11.4. The van der Waals surface area contributed by atoms with E-state index in [9.17, 15) is 20.0 Å². The number of nitrogens with zero attached hydrogens (tertiary/aromatic N) is 1. The van der Waals surface area contributed by atoms with Crippen molar-refractivity contribution in [2.45, 2.75) is 0 Å². The summed E-state index contributed by atoms with van der Waals surface area (Å²) in [5, 5.41) is 19.7. The number of carbonyl (C=O) groups is 1. The van der Waals surface area contributed by atoms with E-state index in [1.165, 1.54) is 12.1 Å². The Hall–Kier alpha value is -2.37. The largest absolute Gasteiger partial charge is 0.507 e. The topological polar surface area (TPSA) is 106 Å². The first-order valence-electron chi connectivity index (χ1n) is 3.95. The quantitative estimate of drug-likeness (QED) is 0.435. The first kappa shape index (κ1) is 10.7. The highest BCUT2D eigenvalue weighted by molar-refractivity contribution is 5.90. The summed E-state index contributed by atoms with van der Waals surface area (Å²) in [5.74, 6) is -0.848. The van der Waals surface area contributed by atoms with Gasteiger partial charge in [0.1, 0.15) is 5.75 Å². The Balaban J connectivity index is 3.11. The lowest BCUT2D eigenvalue weighted by molar-refractivity contribution is -0.384. The van der Waals surface area contributed by atoms with E-state index >= 15 is 0 Å². The lowest BCUT2D eigenvalue weighted by Crippen LogP contribution is -2.05. The highest BCUT2D eigenvalue weighted by Gasteiger charge is 2.08. The molecule has 1 aromatic carbocycles. The lowest BCUT2D eigenvalue weighted by atomic mass is 10.1. The Morgan fingerprint density at radius 2 is 2.20 bits per heavy atom. The third-order valence-corrected chi connectivity index (χ3v) is 1.65. The number of non-ortho nitro benzene ring substituents is 1. The fourth-order valence-corrected chi connectivity index (χ4v) is 0.961. The molecule has 0 radical (unpaired) electrons. The second kappa shape index (κ2) is 4.23. The lowest BCUT2D eigenvalue weighted by Gasteiger charge is -1.98. The van der Waals surface area contributed by atoms with Crippen molar-refractivity contribution in [1.82, 2.24) is 0 Å². The van der Waals surface area contributed by atoms with Gasteiger partial charge in [-0.3, -0.25) is 14.9 Å². The molecule has 0 bridgehead atoms. The molecule has 78 valence electrons. The van der Waals surface area contributed by atoms with E-state index in [0.717, 1.165) is 18.2 Å². The standard InChI is InChI=1S/C9H8N2O4/c10-9(13)4-1-6-5-7(11(14)15)2-3-8(6)12/h1-5,12H,(H2,10,13)/b4-1+. The molecule has 0 aromatic heterocycles. The van der Waals surface area contributed by atoms with Gasteiger partial charge < -0.3 is 10.8 Å². The van der Waals surface area contributed by atoms with Crippen LogP contribution in [0, 0.1) is 10.1 Å². The molecule has 0 unspecified atom stereocenters. The van der Waals surface area contributed by atoms with Crippen molar-refractivity contribution in [2.24, 2.45) is 5.73 Å². The molecule has 15 heavy (non-hydrogen) atoms. The number of carbonyl (C=O) groups excluding carboxylic acids is 1. The summed E-state index contributed by atoms with van der Waals surface area (Å²) < 4.78 is 0. The van der Waals surface area contributed by atoms with E-state index in [1.54, 1.807) is 0 Å². The van der Waals surface area contributed by atoms with E-state index in [2.05, 4.69) is 0 Å². The van der Waals surface area contributed by atoms with Gasteiger partial charge in [0.2, 0.25) is 5.91 Å². The number of nitro groups is 1. The van der Waals surface area contributed by atoms with Gasteiger partial charge >= 0.3 is 0 Å². The third-order valence-electron chi connectivity index (χ3n) is 1.65. The van der Waals surface area contributed by atoms with Crippen LogP contribution >= 0.6 is 0 Å². The maximum atomic E-state index is 10.4. The molecule has 6 heteroatoms. The number of benzene rings is 1. The molecule has 0 aliphatic rings. The Morgan fingerprint density at radius 1 is 1.53 bits per heavy atom. The molecule has 0 aliphatic heterocycles. The molecule has 6 nitrogen and oxygen atoms in total. The van der Waals surface area contributed by atoms with Gasteiger partial charge in [-0.15, -0.1) is 0 Å². The monoisotopic (exact) mass is 208 g/mol. The molecule has 0 heterocycles. The summed E-state index contributed by atoms with van der Waals surface area (Å²) in [4.78, 5) is 20.2. The SMILES string of the molecule is NC(=O)/C=C/c1cc([N+](=O)[O-])ccc1O. The molecular formula is C9H8N2O4. The van der Waals surface area contributed by atoms with E-state index in [-0.39, 0.29) is 17.0 Å². The summed E-state index contributed by atoms with van der Waals surface area (Å²) in [6.45, 7) is 0. The Labute approximate surface area is 84.8 Å². The van der Waals surface area contributed by atoms with Crippen molar-refractivity contribution < 1.29 is 14.8 Å². The number of phenols is 1. The molecule has 1 aromatic rings. The normalized spacial score (nSPS) is 10.4. The maximum Gasteiger partial charge on any atom is 0.270 e. The van der Waals surface area contributed by atoms with Gasteiger partial charge in [-0.1, -0.05) is 0 Å². The van der Waals surface area contributed by atoms with Crippen LogP contribution in [0.3, 0.4) is 0 Å². The van der Waals surface area contributed by atoms with Gasteiger partial charge in [0.05, 0.1) is 4.92 Å². The van der Waals surface area contributed by atoms with Crippen molar-refractivity contribution in [3.05, 3.63) is 40.0 Å². The minimum Gasteiger partial charge on any atom is -0.507 e. The van der Waals surface area contributed by atoms with Crippen molar-refractivity contribution >= 4 is 17.7 Å². The molecule has 0 saturated carbocycles. The predicted octanol–water partition coefficient (Wildman–Crippen LogP) is 0.799. The molecule has 0 fully saturated rings. The highest BCUT2D eigenvalue weighted by Crippen LogP contribution is 2.23. The number of nitrogens with two attached hydrogens (primary N) is 1. The molecule has 0 aliphatic carbocycles. The van der Waals surface area contributed by atoms with Crippen LogP contribution in [0.1, 0.15) is 5.56 Å². The van der Waals surface area contributed by atoms with Gasteiger partial charge in [0.25, 0.3) is 5.69 Å². The number of hydrogen-bond acceptors (Lipinski definition) is 4. The number of aromatic hydroxyl groups is 1. The number of primary amides is 1. The smallest absolute Gasteiger partial charge is 0.270 e. The minimum atomic E-state index is -0.694. The van der Waals surface area contributed by atoms with Crippen molar-refractivity contribution in [2.75, 3.05) is 0 Å². The van der Waals surface area contributed by atoms with Crippen LogP contribution in [-0.2, 0) is 4.79 Å². The van der Waals surface area contributed by atoms with E-state index < -0.39 is 10.8 Å². The molecule has 3 N–H and O–H groups in total. The summed E-state index contributed by atoms with van der Waals surface area (Å²) >= 11 is 0. The van der Waals surface area contributed by atoms with Crippen LogP contribution in [0.2, 0.25) is 0 Å². The van der Waals surface area contributed by atoms with Gasteiger partial charge in [0, 0.05) is 23.8 Å². The van der Waals surface area contributed by atoms with E-state index in [1.807, 2.05) is 0 Å². The van der Waals surface area contributed by atoms with E-state index in [0.29, 0.717) is 0 Å². The van der Waals surface area contributed by atoms with Crippen LogP contribution in [-0.4, -0.2) is 15.9 Å². The third kappa shape index (κ3) is 2.80. The number of nitro benzene ring substituents is 1. The van der Waals surface area contributed by atoms with E-state index in [4.69, 9.17) is 5.73 Å². The molecular weight excluding hydrogens is 200 g/mol. The number of phenolic OH excluding ortho intramolecular Hbond substituents is 1. The summed E-state index contributed by atoms with van der Waals surface area (Å²) in [7, 11) is 0. The highest BCUT2D eigenvalue weighted by atomic mass is 16.6. The van der Waals surface area contributed by atoms with Crippen LogP contribution in [0.5, 0.6) is 5.75 Å².